The van der Waals surface area contributed by atoms with Crippen LogP contribution in [0.5, 0.6) is 5.88 Å². The van der Waals surface area contributed by atoms with E-state index in [0.717, 1.165) is 25.1 Å². The predicted molar refractivity (Wildman–Crippen MR) is 67.2 cm³/mol. The number of nitrogens with one attached hydrogen (secondary N) is 1. The number of ether oxygens (including phenoxy) is 1. The van der Waals surface area contributed by atoms with Crippen molar-refractivity contribution in [2.24, 2.45) is 5.73 Å². The molecule has 0 amide bonds. The summed E-state index contributed by atoms with van der Waals surface area (Å²) >= 11 is 0. The van der Waals surface area contributed by atoms with Gasteiger partial charge in [-0.25, -0.2) is 4.98 Å². The lowest BCUT2D eigenvalue weighted by Gasteiger charge is -2.38. The van der Waals surface area contributed by atoms with Crippen LogP contribution in [0.4, 0.5) is 5.95 Å². The number of anilines is 1. The van der Waals surface area contributed by atoms with Gasteiger partial charge < -0.3 is 15.8 Å². The van der Waals surface area contributed by atoms with E-state index >= 15 is 0 Å². The Hall–Kier alpha value is -1.36. The van der Waals surface area contributed by atoms with Crippen molar-refractivity contribution in [3.05, 3.63) is 11.8 Å². The smallest absolute Gasteiger partial charge is 0.226 e. The highest BCUT2D eigenvalue weighted by Crippen LogP contribution is 2.29. The molecule has 0 bridgehead atoms. The van der Waals surface area contributed by atoms with Crippen LogP contribution < -0.4 is 15.8 Å². The predicted octanol–water partition coefficient (Wildman–Crippen LogP) is 1.48. The molecule has 0 spiro atoms. The molecule has 0 atom stereocenters. The molecule has 1 fully saturated rings. The number of hydrogen-bond donors (Lipinski definition) is 2. The second kappa shape index (κ2) is 4.87. The van der Waals surface area contributed by atoms with E-state index in [1.54, 1.807) is 0 Å². The molecular weight excluding hydrogens is 216 g/mol. The fourth-order valence-corrected chi connectivity index (χ4v) is 1.90. The number of aryl methyl sites for hydroxylation is 1. The van der Waals surface area contributed by atoms with Crippen LogP contribution in [0.2, 0.25) is 0 Å². The molecule has 5 nitrogen and oxygen atoms in total. The summed E-state index contributed by atoms with van der Waals surface area (Å²) in [6, 6.07) is 1.83. The molecule has 0 radical (unpaired) electrons. The normalized spacial score (nSPS) is 17.4. The van der Waals surface area contributed by atoms with Crippen molar-refractivity contribution in [1.82, 2.24) is 9.97 Å². The number of nitrogens with two attached hydrogens (primary N) is 1. The van der Waals surface area contributed by atoms with E-state index in [4.69, 9.17) is 10.5 Å². The van der Waals surface area contributed by atoms with Crippen molar-refractivity contribution in [2.45, 2.75) is 38.6 Å². The Morgan fingerprint density at radius 3 is 2.82 bits per heavy atom. The number of hydrogen-bond acceptors (Lipinski definition) is 5. The fraction of sp³-hybridized carbons (Fsp3) is 0.667. The summed E-state index contributed by atoms with van der Waals surface area (Å²) in [5.74, 6) is 1.22. The second-order valence-electron chi connectivity index (χ2n) is 4.67. The number of aromatic nitrogens is 2. The van der Waals surface area contributed by atoms with Gasteiger partial charge in [-0.3, -0.25) is 0 Å². The zero-order chi connectivity index (χ0) is 12.3. The first-order valence-corrected chi connectivity index (χ1v) is 6.12. The summed E-state index contributed by atoms with van der Waals surface area (Å²) in [6.07, 6.45) is 3.37. The van der Waals surface area contributed by atoms with Crippen LogP contribution in [-0.2, 0) is 0 Å². The molecule has 1 aliphatic carbocycles. The van der Waals surface area contributed by atoms with E-state index in [0.29, 0.717) is 18.4 Å². The largest absolute Gasteiger partial charge is 0.478 e. The summed E-state index contributed by atoms with van der Waals surface area (Å²) in [4.78, 5) is 8.60. The third kappa shape index (κ3) is 3.06. The summed E-state index contributed by atoms with van der Waals surface area (Å²) in [6.45, 7) is 5.20. The van der Waals surface area contributed by atoms with Crippen LogP contribution in [0.15, 0.2) is 6.07 Å². The van der Waals surface area contributed by atoms with Gasteiger partial charge in [-0.1, -0.05) is 0 Å². The van der Waals surface area contributed by atoms with Crippen LogP contribution in [0.25, 0.3) is 0 Å². The van der Waals surface area contributed by atoms with Gasteiger partial charge in [-0.15, -0.1) is 0 Å². The minimum atomic E-state index is -0.0706. The molecule has 3 N–H and O–H groups in total. The molecule has 1 aromatic rings. The van der Waals surface area contributed by atoms with Crippen LogP contribution >= 0.6 is 0 Å². The number of rotatable bonds is 5. The van der Waals surface area contributed by atoms with E-state index in [9.17, 15) is 0 Å². The van der Waals surface area contributed by atoms with Gasteiger partial charge in [0.15, 0.2) is 0 Å². The van der Waals surface area contributed by atoms with Crippen LogP contribution in [-0.4, -0.2) is 28.7 Å². The van der Waals surface area contributed by atoms with Crippen molar-refractivity contribution >= 4 is 5.95 Å². The topological polar surface area (TPSA) is 73.1 Å². The molecule has 5 heteroatoms. The fourth-order valence-electron chi connectivity index (χ4n) is 1.90. The van der Waals surface area contributed by atoms with Gasteiger partial charge in [0.05, 0.1) is 6.61 Å². The van der Waals surface area contributed by atoms with Crippen molar-refractivity contribution < 1.29 is 4.74 Å². The second-order valence-corrected chi connectivity index (χ2v) is 4.67. The van der Waals surface area contributed by atoms with Crippen LogP contribution in [0.3, 0.4) is 0 Å². The van der Waals surface area contributed by atoms with Gasteiger partial charge in [-0.2, -0.15) is 4.98 Å². The maximum atomic E-state index is 6.14. The van der Waals surface area contributed by atoms with E-state index in [2.05, 4.69) is 15.3 Å². The van der Waals surface area contributed by atoms with Gasteiger partial charge in [0, 0.05) is 23.8 Å². The van der Waals surface area contributed by atoms with E-state index in [1.165, 1.54) is 6.42 Å². The first-order valence-electron chi connectivity index (χ1n) is 6.12. The molecule has 1 saturated carbocycles. The quantitative estimate of drug-likeness (QED) is 0.810. The molecular formula is C12H20N4O. The van der Waals surface area contributed by atoms with Crippen molar-refractivity contribution in [3.8, 4) is 5.88 Å². The molecule has 0 aromatic carbocycles. The van der Waals surface area contributed by atoms with Crippen LogP contribution in [0, 0.1) is 6.92 Å². The van der Waals surface area contributed by atoms with Gasteiger partial charge in [0.2, 0.25) is 11.8 Å². The zero-order valence-corrected chi connectivity index (χ0v) is 10.5. The van der Waals surface area contributed by atoms with E-state index < -0.39 is 0 Å². The third-order valence-electron chi connectivity index (χ3n) is 3.07. The molecule has 17 heavy (non-hydrogen) atoms. The maximum Gasteiger partial charge on any atom is 0.226 e. The third-order valence-corrected chi connectivity index (χ3v) is 3.07. The summed E-state index contributed by atoms with van der Waals surface area (Å²) in [5.41, 5.74) is 6.96. The lowest BCUT2D eigenvalue weighted by atomic mass is 9.78. The maximum absolute atomic E-state index is 6.14. The van der Waals surface area contributed by atoms with Crippen molar-refractivity contribution in [3.63, 3.8) is 0 Å². The lowest BCUT2D eigenvalue weighted by molar-refractivity contribution is 0.265. The monoisotopic (exact) mass is 236 g/mol. The van der Waals surface area contributed by atoms with Gasteiger partial charge in [-0.05, 0) is 33.1 Å². The summed E-state index contributed by atoms with van der Waals surface area (Å²) in [5, 5.41) is 3.20. The summed E-state index contributed by atoms with van der Waals surface area (Å²) < 4.78 is 5.38. The molecule has 1 aromatic heterocycles. The minimum Gasteiger partial charge on any atom is -0.478 e. The Balaban J connectivity index is 1.99. The SMILES string of the molecule is CCOc1cc(C)nc(NCC2(N)CCC2)n1. The Labute approximate surface area is 102 Å². The molecule has 1 aliphatic rings. The molecule has 0 unspecified atom stereocenters. The Morgan fingerprint density at radius 2 is 2.24 bits per heavy atom. The average molecular weight is 236 g/mol. The average Bonchev–Trinajstić information content (AvgIpc) is 2.23. The van der Waals surface area contributed by atoms with Crippen LogP contribution in [0.1, 0.15) is 31.9 Å². The highest BCUT2D eigenvalue weighted by atomic mass is 16.5. The Morgan fingerprint density at radius 1 is 1.47 bits per heavy atom. The Kier molecular flexibility index (Phi) is 3.47. The standard InChI is InChI=1S/C12H20N4O/c1-3-17-10-7-9(2)15-11(16-10)14-8-12(13)5-4-6-12/h7H,3-6,8,13H2,1-2H3,(H,14,15,16). The lowest BCUT2D eigenvalue weighted by Crippen LogP contribution is -2.52. The first-order chi connectivity index (χ1) is 8.11. The Bertz CT molecular complexity index is 390. The first kappa shape index (κ1) is 12.1. The van der Waals surface area contributed by atoms with Gasteiger partial charge >= 0.3 is 0 Å². The highest BCUT2D eigenvalue weighted by molar-refractivity contribution is 5.31. The molecule has 0 aliphatic heterocycles. The van der Waals surface area contributed by atoms with E-state index in [1.807, 2.05) is 19.9 Å². The molecule has 0 saturated heterocycles. The van der Waals surface area contributed by atoms with Crippen molar-refractivity contribution in [1.29, 1.82) is 0 Å². The summed E-state index contributed by atoms with van der Waals surface area (Å²) in [7, 11) is 0. The highest BCUT2D eigenvalue weighted by Gasteiger charge is 2.32. The molecule has 1 heterocycles. The minimum absolute atomic E-state index is 0.0706. The van der Waals surface area contributed by atoms with Gasteiger partial charge in [0.1, 0.15) is 0 Å². The van der Waals surface area contributed by atoms with Crippen molar-refractivity contribution in [2.75, 3.05) is 18.5 Å². The van der Waals surface area contributed by atoms with Gasteiger partial charge in [0.25, 0.3) is 0 Å². The molecule has 94 valence electrons. The zero-order valence-electron chi connectivity index (χ0n) is 10.5. The molecule has 2 rings (SSSR count). The van der Waals surface area contributed by atoms with E-state index in [-0.39, 0.29) is 5.54 Å². The number of nitrogens with zero attached hydrogens (tertiary/aromatic N) is 2.